The monoisotopic (exact) mass is 429 g/mol. The maximum Gasteiger partial charge on any atom is 0.417 e. The molecule has 1 saturated heterocycles. The average molecular weight is 430 g/mol. The highest BCUT2D eigenvalue weighted by molar-refractivity contribution is 9.10. The lowest BCUT2D eigenvalue weighted by molar-refractivity contribution is -0.137. The fraction of sp³-hybridized carbons (Fsp3) is 0.375. The molecule has 2 aromatic heterocycles. The van der Waals surface area contributed by atoms with Crippen LogP contribution in [0.5, 0.6) is 0 Å². The number of halogens is 4. The van der Waals surface area contributed by atoms with E-state index >= 15 is 0 Å². The molecular weight excluding hydrogens is 415 g/mol. The molecule has 138 valence electrons. The fourth-order valence-electron chi connectivity index (χ4n) is 2.78. The van der Waals surface area contributed by atoms with Gasteiger partial charge in [-0.1, -0.05) is 0 Å². The van der Waals surface area contributed by atoms with Crippen LogP contribution in [0.4, 0.5) is 19.0 Å². The Morgan fingerprint density at radius 2 is 2.08 bits per heavy atom. The van der Waals surface area contributed by atoms with Crippen LogP contribution in [0.2, 0.25) is 0 Å². The first kappa shape index (κ1) is 18.6. The zero-order chi connectivity index (χ0) is 18.7. The Balaban J connectivity index is 1.70. The summed E-state index contributed by atoms with van der Waals surface area (Å²) in [6.45, 7) is 1.09. The van der Waals surface area contributed by atoms with Gasteiger partial charge in [-0.3, -0.25) is 9.78 Å². The smallest absolute Gasteiger partial charge is 0.354 e. The van der Waals surface area contributed by atoms with E-state index in [1.165, 1.54) is 18.6 Å². The number of carbonyl (C=O) groups excluding carboxylic acids is 1. The van der Waals surface area contributed by atoms with Gasteiger partial charge in [0.2, 0.25) is 0 Å². The van der Waals surface area contributed by atoms with Crippen molar-refractivity contribution in [3.05, 3.63) is 46.6 Å². The molecule has 1 unspecified atom stereocenters. The van der Waals surface area contributed by atoms with E-state index in [0.717, 1.165) is 25.1 Å². The topological polar surface area (TPSA) is 71.0 Å². The van der Waals surface area contributed by atoms with Crippen molar-refractivity contribution in [2.45, 2.75) is 25.1 Å². The third-order valence-electron chi connectivity index (χ3n) is 4.00. The van der Waals surface area contributed by atoms with Gasteiger partial charge in [-0.2, -0.15) is 13.2 Å². The average Bonchev–Trinajstić information content (AvgIpc) is 2.62. The summed E-state index contributed by atoms with van der Waals surface area (Å²) < 4.78 is 38.6. The Labute approximate surface area is 156 Å². The van der Waals surface area contributed by atoms with Crippen LogP contribution in [0, 0.1) is 0 Å². The largest absolute Gasteiger partial charge is 0.417 e. The molecule has 1 fully saturated rings. The third-order valence-corrected chi connectivity index (χ3v) is 4.58. The van der Waals surface area contributed by atoms with Crippen LogP contribution in [0.1, 0.15) is 28.9 Å². The number of piperidine rings is 1. The first-order valence-corrected chi connectivity index (χ1v) is 8.68. The standard InChI is InChI=1S/C16H15BrF3N5O/c17-12-6-10(16(18,19)20)7-23-14(12)25-5-1-2-11(9-25)24-15(26)13-8-21-3-4-22-13/h3-4,6-8,11H,1-2,5,9H2,(H,24,26). The van der Waals surface area contributed by atoms with Crippen LogP contribution < -0.4 is 10.2 Å². The Bertz CT molecular complexity index is 787. The van der Waals surface area contributed by atoms with Crippen LogP contribution in [0.3, 0.4) is 0 Å². The van der Waals surface area contributed by atoms with Crippen LogP contribution in [0.25, 0.3) is 0 Å². The van der Waals surface area contributed by atoms with Gasteiger partial charge in [0, 0.05) is 37.7 Å². The first-order valence-electron chi connectivity index (χ1n) is 7.89. The summed E-state index contributed by atoms with van der Waals surface area (Å²) in [6, 6.07) is 0.860. The lowest BCUT2D eigenvalue weighted by Gasteiger charge is -2.34. The fourth-order valence-corrected chi connectivity index (χ4v) is 3.38. The molecule has 6 nitrogen and oxygen atoms in total. The van der Waals surface area contributed by atoms with E-state index < -0.39 is 11.7 Å². The number of nitrogens with one attached hydrogen (secondary N) is 1. The quantitative estimate of drug-likeness (QED) is 0.811. The number of carbonyl (C=O) groups is 1. The third kappa shape index (κ3) is 4.29. The maximum absolute atomic E-state index is 12.8. The Morgan fingerprint density at radius 1 is 1.27 bits per heavy atom. The number of anilines is 1. The Hall–Kier alpha value is -2.23. The number of hydrogen-bond donors (Lipinski definition) is 1. The summed E-state index contributed by atoms with van der Waals surface area (Å²) in [5.74, 6) is 0.0980. The molecular formula is C16H15BrF3N5O. The van der Waals surface area contributed by atoms with E-state index in [0.29, 0.717) is 18.9 Å². The predicted octanol–water partition coefficient (Wildman–Crippen LogP) is 3.05. The minimum atomic E-state index is -4.44. The summed E-state index contributed by atoms with van der Waals surface area (Å²) in [4.78, 5) is 25.8. The molecule has 0 bridgehead atoms. The van der Waals surface area contributed by atoms with Gasteiger partial charge in [0.1, 0.15) is 11.5 Å². The SMILES string of the molecule is O=C(NC1CCCN(c2ncc(C(F)(F)F)cc2Br)C1)c1cnccn1. The van der Waals surface area contributed by atoms with Crippen molar-refractivity contribution in [2.75, 3.05) is 18.0 Å². The molecule has 3 heterocycles. The highest BCUT2D eigenvalue weighted by Gasteiger charge is 2.32. The molecule has 1 N–H and O–H groups in total. The minimum Gasteiger partial charge on any atom is -0.354 e. The van der Waals surface area contributed by atoms with Crippen molar-refractivity contribution in [1.29, 1.82) is 0 Å². The zero-order valence-corrected chi connectivity index (χ0v) is 15.1. The highest BCUT2D eigenvalue weighted by Crippen LogP contribution is 2.34. The molecule has 2 aromatic rings. The lowest BCUT2D eigenvalue weighted by atomic mass is 10.1. The van der Waals surface area contributed by atoms with Gasteiger partial charge in [0.05, 0.1) is 16.2 Å². The number of hydrogen-bond acceptors (Lipinski definition) is 5. The second kappa shape index (κ2) is 7.56. The van der Waals surface area contributed by atoms with Crippen molar-refractivity contribution >= 4 is 27.7 Å². The van der Waals surface area contributed by atoms with Crippen molar-refractivity contribution in [3.8, 4) is 0 Å². The molecule has 0 aromatic carbocycles. The van der Waals surface area contributed by atoms with Crippen molar-refractivity contribution in [2.24, 2.45) is 0 Å². The molecule has 1 amide bonds. The van der Waals surface area contributed by atoms with Crippen LogP contribution in [0.15, 0.2) is 35.3 Å². The minimum absolute atomic E-state index is 0.158. The van der Waals surface area contributed by atoms with Crippen LogP contribution in [-0.2, 0) is 6.18 Å². The van der Waals surface area contributed by atoms with Crippen LogP contribution >= 0.6 is 15.9 Å². The van der Waals surface area contributed by atoms with E-state index in [1.54, 1.807) is 0 Å². The molecule has 26 heavy (non-hydrogen) atoms. The van der Waals surface area contributed by atoms with E-state index in [2.05, 4.69) is 36.2 Å². The summed E-state index contributed by atoms with van der Waals surface area (Å²) in [5, 5.41) is 2.88. The van der Waals surface area contributed by atoms with E-state index in [1.807, 2.05) is 4.90 Å². The molecule has 1 aliphatic heterocycles. The highest BCUT2D eigenvalue weighted by atomic mass is 79.9. The molecule has 0 saturated carbocycles. The summed E-state index contributed by atoms with van der Waals surface area (Å²) in [5.41, 5.74) is -0.587. The molecule has 3 rings (SSSR count). The van der Waals surface area contributed by atoms with Gasteiger partial charge in [-0.25, -0.2) is 9.97 Å². The molecule has 0 aliphatic carbocycles. The van der Waals surface area contributed by atoms with E-state index in [-0.39, 0.29) is 22.1 Å². The number of aromatic nitrogens is 3. The van der Waals surface area contributed by atoms with Crippen molar-refractivity contribution < 1.29 is 18.0 Å². The molecule has 1 atom stereocenters. The molecule has 10 heteroatoms. The van der Waals surface area contributed by atoms with E-state index in [9.17, 15) is 18.0 Å². The Kier molecular flexibility index (Phi) is 5.40. The molecule has 0 spiro atoms. The number of pyridine rings is 1. The second-order valence-corrected chi connectivity index (χ2v) is 6.73. The number of alkyl halides is 3. The Morgan fingerprint density at radius 3 is 2.73 bits per heavy atom. The van der Waals surface area contributed by atoms with Gasteiger partial charge >= 0.3 is 6.18 Å². The molecule has 1 aliphatic rings. The van der Waals surface area contributed by atoms with E-state index in [4.69, 9.17) is 0 Å². The van der Waals surface area contributed by atoms with Gasteiger partial charge < -0.3 is 10.2 Å². The number of nitrogens with zero attached hydrogens (tertiary/aromatic N) is 4. The normalized spacial score (nSPS) is 17.8. The summed E-state index contributed by atoms with van der Waals surface area (Å²) in [7, 11) is 0. The van der Waals surface area contributed by atoms with Crippen LogP contribution in [-0.4, -0.2) is 40.0 Å². The van der Waals surface area contributed by atoms with Crippen molar-refractivity contribution in [3.63, 3.8) is 0 Å². The second-order valence-electron chi connectivity index (χ2n) is 5.88. The maximum atomic E-state index is 12.8. The number of amides is 1. The van der Waals surface area contributed by atoms with Gasteiger partial charge in [-0.15, -0.1) is 0 Å². The van der Waals surface area contributed by atoms with Crippen molar-refractivity contribution in [1.82, 2.24) is 20.3 Å². The number of rotatable bonds is 3. The summed E-state index contributed by atoms with van der Waals surface area (Å²) in [6.07, 6.45) is 2.22. The van der Waals surface area contributed by atoms with Gasteiger partial charge in [0.15, 0.2) is 0 Å². The summed E-state index contributed by atoms with van der Waals surface area (Å²) >= 11 is 3.17. The first-order chi connectivity index (χ1) is 12.3. The van der Waals surface area contributed by atoms with Gasteiger partial charge in [-0.05, 0) is 34.8 Å². The predicted molar refractivity (Wildman–Crippen MR) is 91.7 cm³/mol. The lowest BCUT2D eigenvalue weighted by Crippen LogP contribution is -2.48. The van der Waals surface area contributed by atoms with Gasteiger partial charge in [0.25, 0.3) is 5.91 Å². The zero-order valence-electron chi connectivity index (χ0n) is 13.5. The molecule has 0 radical (unpaired) electrons.